The highest BCUT2D eigenvalue weighted by molar-refractivity contribution is 6.30. The molecule has 0 aliphatic heterocycles. The molecule has 88 valence electrons. The first-order valence-electron chi connectivity index (χ1n) is 5.16. The summed E-state index contributed by atoms with van der Waals surface area (Å²) in [6.45, 7) is 0.696. The molecule has 0 bridgehead atoms. The van der Waals surface area contributed by atoms with Gasteiger partial charge in [0.25, 0.3) is 0 Å². The second-order valence-electron chi connectivity index (χ2n) is 3.53. The number of carbonyl (C=O) groups is 1. The van der Waals surface area contributed by atoms with Crippen molar-refractivity contribution >= 4 is 17.4 Å². The van der Waals surface area contributed by atoms with Crippen LogP contribution >= 0.6 is 11.6 Å². The predicted octanol–water partition coefficient (Wildman–Crippen LogP) is 2.07. The molecular weight excluding hydrogens is 226 g/mol. The summed E-state index contributed by atoms with van der Waals surface area (Å²) in [5, 5.41) is 3.57. The van der Waals surface area contributed by atoms with Gasteiger partial charge < -0.3 is 10.1 Å². The van der Waals surface area contributed by atoms with Gasteiger partial charge in [0.15, 0.2) is 0 Å². The van der Waals surface area contributed by atoms with Crippen LogP contribution in [0.25, 0.3) is 0 Å². The van der Waals surface area contributed by atoms with Gasteiger partial charge in [-0.3, -0.25) is 4.79 Å². The van der Waals surface area contributed by atoms with Crippen LogP contribution in [0, 0.1) is 0 Å². The van der Waals surface area contributed by atoms with Crippen molar-refractivity contribution in [1.29, 1.82) is 0 Å². The van der Waals surface area contributed by atoms with Crippen molar-refractivity contribution in [2.24, 2.45) is 0 Å². The number of ether oxygens (including phenoxy) is 1. The first kappa shape index (κ1) is 13.0. The van der Waals surface area contributed by atoms with Crippen molar-refractivity contribution in [3.05, 3.63) is 28.8 Å². The summed E-state index contributed by atoms with van der Waals surface area (Å²) in [6, 6.07) is 5.31. The summed E-state index contributed by atoms with van der Waals surface area (Å²) in [5.41, 5.74) is 0.844. The molecule has 0 aliphatic rings. The number of benzene rings is 1. The molecular formula is C12H16ClNO2. The van der Waals surface area contributed by atoms with E-state index in [0.717, 1.165) is 5.56 Å². The van der Waals surface area contributed by atoms with Gasteiger partial charge in [0.1, 0.15) is 11.5 Å². The van der Waals surface area contributed by atoms with E-state index in [0.29, 0.717) is 30.2 Å². The van der Waals surface area contributed by atoms with Crippen LogP contribution < -0.4 is 10.1 Å². The topological polar surface area (TPSA) is 38.3 Å². The zero-order valence-electron chi connectivity index (χ0n) is 9.55. The van der Waals surface area contributed by atoms with Crippen LogP contribution in [0.5, 0.6) is 5.75 Å². The third-order valence-corrected chi connectivity index (χ3v) is 2.52. The fraction of sp³-hybridized carbons (Fsp3) is 0.417. The van der Waals surface area contributed by atoms with Gasteiger partial charge >= 0.3 is 0 Å². The molecule has 0 unspecified atom stereocenters. The van der Waals surface area contributed by atoms with E-state index in [9.17, 15) is 4.79 Å². The molecule has 0 aliphatic carbocycles. The fourth-order valence-corrected chi connectivity index (χ4v) is 1.65. The third-order valence-electron chi connectivity index (χ3n) is 2.28. The first-order chi connectivity index (χ1) is 7.67. The van der Waals surface area contributed by atoms with Gasteiger partial charge in [0, 0.05) is 30.0 Å². The van der Waals surface area contributed by atoms with Crippen molar-refractivity contribution < 1.29 is 9.53 Å². The highest BCUT2D eigenvalue weighted by Gasteiger charge is 2.09. The van der Waals surface area contributed by atoms with Crippen LogP contribution in [0.15, 0.2) is 18.2 Å². The van der Waals surface area contributed by atoms with Crippen molar-refractivity contribution in [2.45, 2.75) is 12.8 Å². The summed E-state index contributed by atoms with van der Waals surface area (Å²) in [6.07, 6.45) is 0.886. The summed E-state index contributed by atoms with van der Waals surface area (Å²) >= 11 is 5.88. The molecule has 0 amide bonds. The largest absolute Gasteiger partial charge is 0.496 e. The van der Waals surface area contributed by atoms with Gasteiger partial charge in [-0.15, -0.1) is 0 Å². The minimum Gasteiger partial charge on any atom is -0.496 e. The van der Waals surface area contributed by atoms with E-state index < -0.39 is 0 Å². The molecule has 0 saturated carbocycles. The Morgan fingerprint density at radius 1 is 1.50 bits per heavy atom. The summed E-state index contributed by atoms with van der Waals surface area (Å²) in [4.78, 5) is 11.6. The average Bonchev–Trinajstić information content (AvgIpc) is 2.27. The number of Topliss-reactive ketones (excluding diaryl/α,β-unsaturated/α-hetero) is 1. The number of hydrogen-bond donors (Lipinski definition) is 1. The van der Waals surface area contributed by atoms with Crippen LogP contribution in [-0.2, 0) is 11.2 Å². The van der Waals surface area contributed by atoms with Crippen molar-refractivity contribution in [1.82, 2.24) is 5.32 Å². The summed E-state index contributed by atoms with van der Waals surface area (Å²) in [5.74, 6) is 0.886. The zero-order chi connectivity index (χ0) is 12.0. The van der Waals surface area contributed by atoms with E-state index >= 15 is 0 Å². The minimum atomic E-state index is 0.176. The van der Waals surface area contributed by atoms with E-state index in [1.54, 1.807) is 25.3 Å². The van der Waals surface area contributed by atoms with Crippen molar-refractivity contribution in [2.75, 3.05) is 20.7 Å². The van der Waals surface area contributed by atoms with Gasteiger partial charge in [0.2, 0.25) is 0 Å². The Kier molecular flexibility index (Phi) is 5.29. The van der Waals surface area contributed by atoms with Crippen LogP contribution in [0.2, 0.25) is 5.02 Å². The Morgan fingerprint density at radius 2 is 2.25 bits per heavy atom. The summed E-state index contributed by atoms with van der Waals surface area (Å²) in [7, 11) is 3.41. The maximum Gasteiger partial charge on any atom is 0.138 e. The Labute approximate surface area is 101 Å². The summed E-state index contributed by atoms with van der Waals surface area (Å²) < 4.78 is 5.18. The standard InChI is InChI=1S/C12H16ClNO2/c1-14-6-5-11(15)8-9-7-10(13)3-4-12(9)16-2/h3-4,7,14H,5-6,8H2,1-2H3. The normalized spacial score (nSPS) is 10.2. The molecule has 0 fully saturated rings. The van der Waals surface area contributed by atoms with Crippen LogP contribution in [0.4, 0.5) is 0 Å². The molecule has 0 saturated heterocycles. The molecule has 1 N–H and O–H groups in total. The van der Waals surface area contributed by atoms with Crippen molar-refractivity contribution in [3.8, 4) is 5.75 Å². The van der Waals surface area contributed by atoms with Gasteiger partial charge in [-0.25, -0.2) is 0 Å². The quantitative estimate of drug-likeness (QED) is 0.829. The monoisotopic (exact) mass is 241 g/mol. The SMILES string of the molecule is CNCCC(=O)Cc1cc(Cl)ccc1OC. The molecule has 0 heterocycles. The second-order valence-corrected chi connectivity index (χ2v) is 3.96. The number of ketones is 1. The highest BCUT2D eigenvalue weighted by Crippen LogP contribution is 2.23. The van der Waals surface area contributed by atoms with Crippen LogP contribution in [0.3, 0.4) is 0 Å². The molecule has 1 aromatic carbocycles. The van der Waals surface area contributed by atoms with E-state index in [2.05, 4.69) is 5.32 Å². The molecule has 0 radical (unpaired) electrons. The number of methoxy groups -OCH3 is 1. The zero-order valence-corrected chi connectivity index (χ0v) is 10.3. The molecule has 3 nitrogen and oxygen atoms in total. The lowest BCUT2D eigenvalue weighted by Gasteiger charge is -2.08. The van der Waals surface area contributed by atoms with Gasteiger partial charge in [0.05, 0.1) is 7.11 Å². The highest BCUT2D eigenvalue weighted by atomic mass is 35.5. The molecule has 16 heavy (non-hydrogen) atoms. The van der Waals surface area contributed by atoms with E-state index in [1.807, 2.05) is 7.05 Å². The van der Waals surface area contributed by atoms with E-state index in [1.165, 1.54) is 0 Å². The minimum absolute atomic E-state index is 0.176. The average molecular weight is 242 g/mol. The van der Waals surface area contributed by atoms with Crippen LogP contribution in [0.1, 0.15) is 12.0 Å². The number of rotatable bonds is 6. The Bertz CT molecular complexity index is 366. The van der Waals surface area contributed by atoms with Crippen LogP contribution in [-0.4, -0.2) is 26.5 Å². The maximum atomic E-state index is 11.6. The fourth-order valence-electron chi connectivity index (χ4n) is 1.45. The second kappa shape index (κ2) is 6.51. The molecule has 0 aromatic heterocycles. The number of halogens is 1. The van der Waals surface area contributed by atoms with Crippen molar-refractivity contribution in [3.63, 3.8) is 0 Å². The Morgan fingerprint density at radius 3 is 2.88 bits per heavy atom. The Hall–Kier alpha value is -1.06. The van der Waals surface area contributed by atoms with E-state index in [4.69, 9.17) is 16.3 Å². The number of carbonyl (C=O) groups excluding carboxylic acids is 1. The smallest absolute Gasteiger partial charge is 0.138 e. The van der Waals surface area contributed by atoms with Gasteiger partial charge in [-0.1, -0.05) is 11.6 Å². The predicted molar refractivity (Wildman–Crippen MR) is 65.3 cm³/mol. The molecule has 0 spiro atoms. The van der Waals surface area contributed by atoms with E-state index in [-0.39, 0.29) is 5.78 Å². The lowest BCUT2D eigenvalue weighted by molar-refractivity contribution is -0.118. The molecule has 1 rings (SSSR count). The Balaban J connectivity index is 2.71. The number of hydrogen-bond acceptors (Lipinski definition) is 3. The van der Waals surface area contributed by atoms with Gasteiger partial charge in [-0.2, -0.15) is 0 Å². The van der Waals surface area contributed by atoms with Gasteiger partial charge in [-0.05, 0) is 25.2 Å². The third kappa shape index (κ3) is 3.83. The lowest BCUT2D eigenvalue weighted by atomic mass is 10.1. The lowest BCUT2D eigenvalue weighted by Crippen LogP contribution is -2.14. The molecule has 1 aromatic rings. The number of nitrogens with one attached hydrogen (secondary N) is 1. The first-order valence-corrected chi connectivity index (χ1v) is 5.54. The maximum absolute atomic E-state index is 11.6. The molecule has 4 heteroatoms. The molecule has 0 atom stereocenters.